The van der Waals surface area contributed by atoms with Crippen molar-refractivity contribution in [1.82, 2.24) is 4.90 Å². The first-order valence-electron chi connectivity index (χ1n) is 9.13. The molecule has 1 aliphatic rings. The van der Waals surface area contributed by atoms with Crippen LogP contribution in [0.15, 0.2) is 59.5 Å². The lowest BCUT2D eigenvalue weighted by Gasteiger charge is -2.38. The van der Waals surface area contributed by atoms with Crippen LogP contribution in [0.25, 0.3) is 0 Å². The molecule has 0 spiro atoms. The molecule has 2 unspecified atom stereocenters. The van der Waals surface area contributed by atoms with Crippen LogP contribution in [-0.2, 0) is 10.0 Å². The minimum atomic E-state index is -3.70. The van der Waals surface area contributed by atoms with Crippen molar-refractivity contribution < 1.29 is 13.2 Å². The Morgan fingerprint density at radius 2 is 1.86 bits per heavy atom. The van der Waals surface area contributed by atoms with E-state index in [1.54, 1.807) is 42.5 Å². The summed E-state index contributed by atoms with van der Waals surface area (Å²) in [6.07, 6.45) is 2.91. The van der Waals surface area contributed by atoms with E-state index in [1.807, 2.05) is 11.8 Å². The van der Waals surface area contributed by atoms with Gasteiger partial charge in [0.05, 0.1) is 4.90 Å². The summed E-state index contributed by atoms with van der Waals surface area (Å²) in [5, 5.41) is 0. The van der Waals surface area contributed by atoms with E-state index in [1.165, 1.54) is 12.1 Å². The molecule has 6 nitrogen and oxygen atoms in total. The van der Waals surface area contributed by atoms with Crippen molar-refractivity contribution in [2.24, 2.45) is 5.73 Å². The summed E-state index contributed by atoms with van der Waals surface area (Å²) < 4.78 is 27.5. The van der Waals surface area contributed by atoms with Crippen LogP contribution in [-0.4, -0.2) is 37.9 Å². The van der Waals surface area contributed by atoms with Crippen LogP contribution in [0.1, 0.15) is 36.5 Å². The van der Waals surface area contributed by atoms with Gasteiger partial charge in [0.25, 0.3) is 15.9 Å². The summed E-state index contributed by atoms with van der Waals surface area (Å²) >= 11 is 0. The van der Waals surface area contributed by atoms with E-state index in [0.29, 0.717) is 17.8 Å². The first-order chi connectivity index (χ1) is 12.9. The van der Waals surface area contributed by atoms with Gasteiger partial charge in [0, 0.05) is 29.9 Å². The number of nitrogens with zero attached hydrogens (tertiary/aromatic N) is 1. The third-order valence-electron chi connectivity index (χ3n) is 4.83. The summed E-state index contributed by atoms with van der Waals surface area (Å²) in [4.78, 5) is 15.0. The number of benzene rings is 2. The van der Waals surface area contributed by atoms with Crippen LogP contribution in [0.3, 0.4) is 0 Å². The van der Waals surface area contributed by atoms with E-state index in [4.69, 9.17) is 5.73 Å². The predicted molar refractivity (Wildman–Crippen MR) is 113 cm³/mol. The molecule has 2 aromatic carbocycles. The zero-order valence-corrected chi connectivity index (χ0v) is 17.4. The lowest BCUT2D eigenvalue weighted by atomic mass is 9.96. The van der Waals surface area contributed by atoms with Crippen molar-refractivity contribution in [2.45, 2.75) is 43.2 Å². The minimum Gasteiger partial charge on any atom is -0.334 e. The molecule has 1 heterocycles. The fourth-order valence-electron chi connectivity index (χ4n) is 3.45. The highest BCUT2D eigenvalue weighted by Crippen LogP contribution is 2.23. The second-order valence-electron chi connectivity index (χ2n) is 6.92. The van der Waals surface area contributed by atoms with Crippen molar-refractivity contribution >= 4 is 34.0 Å². The van der Waals surface area contributed by atoms with E-state index in [-0.39, 0.29) is 35.3 Å². The Hall–Kier alpha value is -2.09. The molecule has 0 aromatic heterocycles. The first kappa shape index (κ1) is 22.2. The highest BCUT2D eigenvalue weighted by molar-refractivity contribution is 7.92. The Bertz CT molecular complexity index is 904. The number of halogens is 1. The maximum atomic E-state index is 13.0. The standard InChI is InChI=1S/C20H25N3O3S.ClH/c1-15(21)19-12-5-6-13-23(19)20(24)16-8-7-9-17(14-16)22-27(25,26)18-10-3-2-4-11-18;/h2-4,7-11,14-15,19,22H,5-6,12-13,21H2,1H3;1H. The molecule has 0 radical (unpaired) electrons. The van der Waals surface area contributed by atoms with Crippen LogP contribution < -0.4 is 10.5 Å². The number of carbonyl (C=O) groups excluding carboxylic acids is 1. The molecule has 1 fully saturated rings. The molecule has 1 amide bonds. The van der Waals surface area contributed by atoms with Gasteiger partial charge in [0.2, 0.25) is 0 Å². The number of nitrogens with one attached hydrogen (secondary N) is 1. The van der Waals surface area contributed by atoms with Gasteiger partial charge in [0.1, 0.15) is 0 Å². The molecule has 2 aromatic rings. The molecular formula is C20H26ClN3O3S. The van der Waals surface area contributed by atoms with Gasteiger partial charge in [-0.05, 0) is 56.5 Å². The number of carbonyl (C=O) groups is 1. The molecule has 3 rings (SSSR count). The molecule has 8 heteroatoms. The molecule has 3 N–H and O–H groups in total. The van der Waals surface area contributed by atoms with Gasteiger partial charge in [-0.1, -0.05) is 24.3 Å². The Morgan fingerprint density at radius 3 is 2.54 bits per heavy atom. The van der Waals surface area contributed by atoms with Gasteiger partial charge in [-0.25, -0.2) is 8.42 Å². The number of piperidine rings is 1. The molecule has 0 bridgehead atoms. The maximum absolute atomic E-state index is 13.0. The quantitative estimate of drug-likeness (QED) is 0.771. The Kier molecular flexibility index (Phi) is 7.46. The Balaban J connectivity index is 0.00000280. The lowest BCUT2D eigenvalue weighted by molar-refractivity contribution is 0.0584. The van der Waals surface area contributed by atoms with Gasteiger partial charge in [-0.15, -0.1) is 12.4 Å². The second kappa shape index (κ2) is 9.41. The summed E-state index contributed by atoms with van der Waals surface area (Å²) in [5.74, 6) is -0.113. The zero-order valence-electron chi connectivity index (χ0n) is 15.7. The van der Waals surface area contributed by atoms with Crippen LogP contribution in [0.4, 0.5) is 5.69 Å². The average Bonchev–Trinajstić information content (AvgIpc) is 2.68. The molecular weight excluding hydrogens is 398 g/mol. The largest absolute Gasteiger partial charge is 0.334 e. The van der Waals surface area contributed by atoms with Gasteiger partial charge in [-0.3, -0.25) is 9.52 Å². The van der Waals surface area contributed by atoms with Crippen LogP contribution in [0.2, 0.25) is 0 Å². The van der Waals surface area contributed by atoms with E-state index >= 15 is 0 Å². The Morgan fingerprint density at radius 1 is 1.14 bits per heavy atom. The van der Waals surface area contributed by atoms with E-state index < -0.39 is 10.0 Å². The van der Waals surface area contributed by atoms with Crippen LogP contribution in [0.5, 0.6) is 0 Å². The molecule has 2 atom stereocenters. The summed E-state index contributed by atoms with van der Waals surface area (Å²) in [7, 11) is -3.70. The number of amides is 1. The number of rotatable bonds is 5. The highest BCUT2D eigenvalue weighted by atomic mass is 35.5. The molecule has 0 aliphatic carbocycles. The number of likely N-dealkylation sites (tertiary alicyclic amines) is 1. The SMILES string of the molecule is CC(N)C1CCCCN1C(=O)c1cccc(NS(=O)(=O)c2ccccc2)c1.Cl. The van der Waals surface area contributed by atoms with Crippen molar-refractivity contribution in [2.75, 3.05) is 11.3 Å². The monoisotopic (exact) mass is 423 g/mol. The summed E-state index contributed by atoms with van der Waals surface area (Å²) in [6.45, 7) is 2.59. The normalized spacial score (nSPS) is 18.1. The predicted octanol–water partition coefficient (Wildman–Crippen LogP) is 3.25. The third kappa shape index (κ3) is 5.04. The number of sulfonamides is 1. The number of hydrogen-bond acceptors (Lipinski definition) is 4. The summed E-state index contributed by atoms with van der Waals surface area (Å²) in [5.41, 5.74) is 6.88. The number of anilines is 1. The van der Waals surface area contributed by atoms with Crippen LogP contribution >= 0.6 is 12.4 Å². The van der Waals surface area contributed by atoms with Crippen molar-refractivity contribution in [3.63, 3.8) is 0 Å². The fourth-order valence-corrected chi connectivity index (χ4v) is 4.52. The Labute approximate surface area is 172 Å². The van der Waals surface area contributed by atoms with Gasteiger partial charge < -0.3 is 10.6 Å². The third-order valence-corrected chi connectivity index (χ3v) is 6.23. The van der Waals surface area contributed by atoms with Crippen molar-refractivity contribution in [3.05, 3.63) is 60.2 Å². The second-order valence-corrected chi connectivity index (χ2v) is 8.60. The van der Waals surface area contributed by atoms with Crippen molar-refractivity contribution in [3.8, 4) is 0 Å². The molecule has 0 saturated carbocycles. The number of hydrogen-bond donors (Lipinski definition) is 2. The number of nitrogens with two attached hydrogens (primary N) is 1. The minimum absolute atomic E-state index is 0. The van der Waals surface area contributed by atoms with Gasteiger partial charge in [0.15, 0.2) is 0 Å². The van der Waals surface area contributed by atoms with Crippen LogP contribution in [0, 0.1) is 0 Å². The van der Waals surface area contributed by atoms with Gasteiger partial charge >= 0.3 is 0 Å². The van der Waals surface area contributed by atoms with Crippen molar-refractivity contribution in [1.29, 1.82) is 0 Å². The average molecular weight is 424 g/mol. The highest BCUT2D eigenvalue weighted by Gasteiger charge is 2.30. The van der Waals surface area contributed by atoms with Gasteiger partial charge in [-0.2, -0.15) is 0 Å². The van der Waals surface area contributed by atoms with E-state index in [9.17, 15) is 13.2 Å². The smallest absolute Gasteiger partial charge is 0.261 e. The summed E-state index contributed by atoms with van der Waals surface area (Å²) in [6, 6.07) is 14.6. The maximum Gasteiger partial charge on any atom is 0.261 e. The van der Waals surface area contributed by atoms with E-state index in [2.05, 4.69) is 4.72 Å². The fraction of sp³-hybridized carbons (Fsp3) is 0.350. The topological polar surface area (TPSA) is 92.5 Å². The molecule has 152 valence electrons. The molecule has 28 heavy (non-hydrogen) atoms. The van der Waals surface area contributed by atoms with E-state index in [0.717, 1.165) is 19.3 Å². The zero-order chi connectivity index (χ0) is 19.4. The first-order valence-corrected chi connectivity index (χ1v) is 10.6. The molecule has 1 saturated heterocycles. The lowest BCUT2D eigenvalue weighted by Crippen LogP contribution is -2.51. The molecule has 1 aliphatic heterocycles.